The highest BCUT2D eigenvalue weighted by Crippen LogP contribution is 2.13. The van der Waals surface area contributed by atoms with Crippen LogP contribution >= 0.6 is 24.8 Å². The second kappa shape index (κ2) is 8.61. The summed E-state index contributed by atoms with van der Waals surface area (Å²) in [4.78, 5) is 3.97. The van der Waals surface area contributed by atoms with Crippen LogP contribution in [-0.2, 0) is 6.42 Å². The summed E-state index contributed by atoms with van der Waals surface area (Å²) < 4.78 is 5.59. The molecule has 0 fully saturated rings. The second-order valence-corrected chi connectivity index (χ2v) is 3.52. The van der Waals surface area contributed by atoms with Gasteiger partial charge in [0.25, 0.3) is 0 Å². The molecule has 1 heterocycles. The van der Waals surface area contributed by atoms with Crippen LogP contribution in [0.5, 0.6) is 5.75 Å². The molecule has 0 aliphatic rings. The first-order chi connectivity index (χ1) is 7.84. The lowest BCUT2D eigenvalue weighted by Crippen LogP contribution is -2.01. The average molecular weight is 287 g/mol. The predicted octanol–water partition coefficient (Wildman–Crippen LogP) is 3.13. The molecule has 18 heavy (non-hydrogen) atoms. The van der Waals surface area contributed by atoms with Gasteiger partial charge < -0.3 is 10.5 Å². The van der Waals surface area contributed by atoms with Crippen molar-refractivity contribution in [3.63, 3.8) is 0 Å². The smallest absolute Gasteiger partial charge is 0.119 e. The number of pyridine rings is 1. The van der Waals surface area contributed by atoms with E-state index in [1.165, 1.54) is 5.56 Å². The molecule has 1 aromatic carbocycles. The summed E-state index contributed by atoms with van der Waals surface area (Å²) in [6.07, 6.45) is 4.46. The number of nitrogen functional groups attached to an aromatic ring is 1. The summed E-state index contributed by atoms with van der Waals surface area (Å²) in [6.45, 7) is 0.661. The van der Waals surface area contributed by atoms with Gasteiger partial charge in [-0.1, -0.05) is 0 Å². The Balaban J connectivity index is 0.00000144. The molecule has 2 aromatic rings. The number of rotatable bonds is 4. The third-order valence-corrected chi connectivity index (χ3v) is 2.29. The molecule has 2 N–H and O–H groups in total. The Kier molecular flexibility index (Phi) is 7.92. The van der Waals surface area contributed by atoms with Crippen molar-refractivity contribution in [2.24, 2.45) is 0 Å². The van der Waals surface area contributed by atoms with Gasteiger partial charge in [0.05, 0.1) is 6.61 Å². The zero-order valence-electron chi connectivity index (χ0n) is 9.78. The summed E-state index contributed by atoms with van der Waals surface area (Å²) in [6, 6.07) is 11.4. The van der Waals surface area contributed by atoms with Gasteiger partial charge in [0.15, 0.2) is 0 Å². The molecule has 98 valence electrons. The zero-order chi connectivity index (χ0) is 11.2. The van der Waals surface area contributed by atoms with Crippen LogP contribution in [0.4, 0.5) is 5.69 Å². The van der Waals surface area contributed by atoms with E-state index in [9.17, 15) is 0 Å². The van der Waals surface area contributed by atoms with E-state index in [2.05, 4.69) is 4.98 Å². The first kappa shape index (κ1) is 16.6. The van der Waals surface area contributed by atoms with E-state index in [1.54, 1.807) is 12.4 Å². The van der Waals surface area contributed by atoms with E-state index >= 15 is 0 Å². The Labute approximate surface area is 119 Å². The highest BCUT2D eigenvalue weighted by atomic mass is 35.5. The lowest BCUT2D eigenvalue weighted by atomic mass is 10.2. The second-order valence-electron chi connectivity index (χ2n) is 3.52. The SMILES string of the molecule is Cl.Cl.Nc1ccc(OCCc2ccncc2)cc1. The molecule has 5 heteroatoms. The molecule has 0 radical (unpaired) electrons. The Morgan fingerprint density at radius 1 is 0.944 bits per heavy atom. The van der Waals surface area contributed by atoms with E-state index < -0.39 is 0 Å². The predicted molar refractivity (Wildman–Crippen MR) is 78.8 cm³/mol. The van der Waals surface area contributed by atoms with Crippen molar-refractivity contribution in [3.8, 4) is 5.75 Å². The van der Waals surface area contributed by atoms with Crippen LogP contribution in [0.15, 0.2) is 48.8 Å². The number of hydrogen-bond acceptors (Lipinski definition) is 3. The fraction of sp³-hybridized carbons (Fsp3) is 0.154. The monoisotopic (exact) mass is 286 g/mol. The van der Waals surface area contributed by atoms with Gasteiger partial charge in [-0.2, -0.15) is 0 Å². The summed E-state index contributed by atoms with van der Waals surface area (Å²) in [5.41, 5.74) is 7.56. The molecular weight excluding hydrogens is 271 g/mol. The number of aromatic nitrogens is 1. The van der Waals surface area contributed by atoms with Crippen molar-refractivity contribution < 1.29 is 4.74 Å². The van der Waals surface area contributed by atoms with Crippen molar-refractivity contribution >= 4 is 30.5 Å². The van der Waals surface area contributed by atoms with Crippen molar-refractivity contribution in [3.05, 3.63) is 54.4 Å². The first-order valence-electron chi connectivity index (χ1n) is 5.22. The van der Waals surface area contributed by atoms with Crippen molar-refractivity contribution in [1.29, 1.82) is 0 Å². The highest BCUT2D eigenvalue weighted by Gasteiger charge is 1.95. The van der Waals surface area contributed by atoms with E-state index in [1.807, 2.05) is 36.4 Å². The summed E-state index contributed by atoms with van der Waals surface area (Å²) in [7, 11) is 0. The molecule has 3 nitrogen and oxygen atoms in total. The van der Waals surface area contributed by atoms with Crippen LogP contribution in [0, 0.1) is 0 Å². The zero-order valence-corrected chi connectivity index (χ0v) is 11.4. The molecule has 0 aliphatic carbocycles. The molecule has 0 aliphatic heterocycles. The molecule has 0 unspecified atom stereocenters. The Morgan fingerprint density at radius 2 is 1.56 bits per heavy atom. The third kappa shape index (κ3) is 5.25. The highest BCUT2D eigenvalue weighted by molar-refractivity contribution is 5.85. The van der Waals surface area contributed by atoms with Crippen molar-refractivity contribution in [1.82, 2.24) is 4.98 Å². The Hall–Kier alpha value is -1.45. The van der Waals surface area contributed by atoms with Crippen LogP contribution < -0.4 is 10.5 Å². The lowest BCUT2D eigenvalue weighted by molar-refractivity contribution is 0.322. The minimum atomic E-state index is 0. The number of nitrogens with zero attached hydrogens (tertiary/aromatic N) is 1. The largest absolute Gasteiger partial charge is 0.493 e. The number of hydrogen-bond donors (Lipinski definition) is 1. The van der Waals surface area contributed by atoms with E-state index in [-0.39, 0.29) is 24.8 Å². The van der Waals surface area contributed by atoms with Gasteiger partial charge in [0.2, 0.25) is 0 Å². The fourth-order valence-corrected chi connectivity index (χ4v) is 1.40. The average Bonchev–Trinajstić information content (AvgIpc) is 2.33. The van der Waals surface area contributed by atoms with Gasteiger partial charge in [0, 0.05) is 24.5 Å². The van der Waals surface area contributed by atoms with Crippen LogP contribution in [0.1, 0.15) is 5.56 Å². The Bertz CT molecular complexity index is 435. The van der Waals surface area contributed by atoms with Gasteiger partial charge in [0.1, 0.15) is 5.75 Å². The van der Waals surface area contributed by atoms with Crippen LogP contribution in [0.2, 0.25) is 0 Å². The molecular formula is C13H16Cl2N2O. The van der Waals surface area contributed by atoms with Crippen LogP contribution in [0.3, 0.4) is 0 Å². The molecule has 0 atom stereocenters. The lowest BCUT2D eigenvalue weighted by Gasteiger charge is -2.06. The standard InChI is InChI=1S/C13H14N2O.2ClH/c14-12-1-3-13(4-2-12)16-10-7-11-5-8-15-9-6-11;;/h1-6,8-9H,7,10,14H2;2*1H. The minimum Gasteiger partial charge on any atom is -0.493 e. The van der Waals surface area contributed by atoms with Crippen molar-refractivity contribution in [2.75, 3.05) is 12.3 Å². The van der Waals surface area contributed by atoms with Crippen molar-refractivity contribution in [2.45, 2.75) is 6.42 Å². The molecule has 0 saturated heterocycles. The van der Waals surface area contributed by atoms with Gasteiger partial charge >= 0.3 is 0 Å². The summed E-state index contributed by atoms with van der Waals surface area (Å²) in [5, 5.41) is 0. The molecule has 2 rings (SSSR count). The van der Waals surface area contributed by atoms with E-state index in [0.717, 1.165) is 17.9 Å². The first-order valence-corrected chi connectivity index (χ1v) is 5.22. The van der Waals surface area contributed by atoms with Gasteiger partial charge in [-0.3, -0.25) is 4.98 Å². The molecule has 1 aromatic heterocycles. The third-order valence-electron chi connectivity index (χ3n) is 2.29. The normalized spacial score (nSPS) is 8.89. The quantitative estimate of drug-likeness (QED) is 0.879. The van der Waals surface area contributed by atoms with Gasteiger partial charge in [-0.15, -0.1) is 24.8 Å². The minimum absolute atomic E-state index is 0. The molecule has 0 spiro atoms. The van der Waals surface area contributed by atoms with E-state index in [0.29, 0.717) is 6.61 Å². The number of halogens is 2. The molecule has 0 amide bonds. The maximum Gasteiger partial charge on any atom is 0.119 e. The molecule has 0 saturated carbocycles. The summed E-state index contributed by atoms with van der Waals surface area (Å²) >= 11 is 0. The number of benzene rings is 1. The topological polar surface area (TPSA) is 48.1 Å². The Morgan fingerprint density at radius 3 is 2.17 bits per heavy atom. The molecule has 0 bridgehead atoms. The van der Waals surface area contributed by atoms with Gasteiger partial charge in [-0.25, -0.2) is 0 Å². The van der Waals surface area contributed by atoms with Crippen LogP contribution in [-0.4, -0.2) is 11.6 Å². The summed E-state index contributed by atoms with van der Waals surface area (Å²) in [5.74, 6) is 0.850. The number of ether oxygens (including phenoxy) is 1. The maximum absolute atomic E-state index is 5.59. The number of nitrogens with two attached hydrogens (primary N) is 1. The number of anilines is 1. The van der Waals surface area contributed by atoms with Crippen LogP contribution in [0.25, 0.3) is 0 Å². The fourth-order valence-electron chi connectivity index (χ4n) is 1.40. The maximum atomic E-state index is 5.59. The van der Waals surface area contributed by atoms with Gasteiger partial charge in [-0.05, 0) is 42.0 Å². The van der Waals surface area contributed by atoms with E-state index in [4.69, 9.17) is 10.5 Å².